The molecule has 5 heteroatoms. The Morgan fingerprint density at radius 2 is 2.06 bits per heavy atom. The first-order chi connectivity index (χ1) is 7.79. The van der Waals surface area contributed by atoms with Gasteiger partial charge >= 0.3 is 0 Å². The van der Waals surface area contributed by atoms with Crippen molar-refractivity contribution in [3.05, 3.63) is 57.6 Å². The maximum Gasteiger partial charge on any atom is 0.155 e. The third kappa shape index (κ3) is 2.59. The molecule has 0 atom stereocenters. The van der Waals surface area contributed by atoms with Gasteiger partial charge in [0.05, 0.1) is 11.2 Å². The van der Waals surface area contributed by atoms with Crippen LogP contribution in [-0.2, 0) is 17.7 Å². The Hall–Kier alpha value is -1.39. The lowest BCUT2D eigenvalue weighted by Gasteiger charge is -2.01. The van der Waals surface area contributed by atoms with Crippen LogP contribution in [0.4, 0.5) is 0 Å². The molecule has 1 aromatic heterocycles. The molecule has 0 spiro atoms. The predicted octanol–water partition coefficient (Wildman–Crippen LogP) is 2.40. The van der Waals surface area contributed by atoms with E-state index < -0.39 is 0 Å². The van der Waals surface area contributed by atoms with Crippen LogP contribution in [-0.4, -0.2) is 14.2 Å². The monoisotopic (exact) mass is 252 g/mol. The van der Waals surface area contributed by atoms with Crippen molar-refractivity contribution in [3.8, 4) is 0 Å². The summed E-state index contributed by atoms with van der Waals surface area (Å²) >= 11 is 6.13. The minimum atomic E-state index is 0.343. The minimum absolute atomic E-state index is 0.343. The molecule has 0 aliphatic rings. The van der Waals surface area contributed by atoms with Gasteiger partial charge in [-0.1, -0.05) is 41.9 Å². The van der Waals surface area contributed by atoms with E-state index >= 15 is 0 Å². The highest BCUT2D eigenvalue weighted by Gasteiger charge is 1.99. The summed E-state index contributed by atoms with van der Waals surface area (Å²) in [5.41, 5.74) is 1.13. The van der Waals surface area contributed by atoms with E-state index in [0.717, 1.165) is 11.4 Å². The minimum Gasteiger partial charge on any atom is -0.331 e. The molecule has 2 rings (SSSR count). The fourth-order valence-electron chi connectivity index (χ4n) is 1.36. The number of aromatic amines is 1. The summed E-state index contributed by atoms with van der Waals surface area (Å²) in [6, 6.07) is 9.91. The second-order valence-corrected chi connectivity index (χ2v) is 4.23. The topological polar surface area (TPSA) is 45.8 Å². The van der Waals surface area contributed by atoms with Gasteiger partial charge in [-0.25, -0.2) is 9.19 Å². The number of hydrogen-bond donors (Lipinski definition) is 1. The summed E-state index contributed by atoms with van der Waals surface area (Å²) in [4.78, 5) is 7.06. The Labute approximate surface area is 101 Å². The number of benzene rings is 1. The maximum atomic E-state index is 10.7. The molecule has 0 unspecified atom stereocenters. The lowest BCUT2D eigenvalue weighted by molar-refractivity contribution is 0.699. The van der Waals surface area contributed by atoms with Crippen molar-refractivity contribution in [2.75, 3.05) is 0 Å². The maximum absolute atomic E-state index is 10.7. The summed E-state index contributed by atoms with van der Waals surface area (Å²) in [6.07, 6.45) is 2.15. The van der Waals surface area contributed by atoms with Gasteiger partial charge in [0.2, 0.25) is 0 Å². The second kappa shape index (κ2) is 5.09. The van der Waals surface area contributed by atoms with Crippen molar-refractivity contribution in [2.24, 2.45) is 0 Å². The van der Waals surface area contributed by atoms with Gasteiger partial charge in [-0.3, -0.25) is 0 Å². The van der Waals surface area contributed by atoms with Crippen LogP contribution in [0.1, 0.15) is 11.4 Å². The average molecular weight is 253 g/mol. The number of nitrogens with one attached hydrogen (secondary N) is 1. The van der Waals surface area contributed by atoms with Gasteiger partial charge in [0, 0.05) is 6.42 Å². The third-order valence-corrected chi connectivity index (χ3v) is 2.99. The second-order valence-electron chi connectivity index (χ2n) is 3.25. The Bertz CT molecular complexity index is 576. The molecule has 0 bridgehead atoms. The van der Waals surface area contributed by atoms with E-state index in [9.17, 15) is 4.21 Å². The Balaban J connectivity index is 2.33. The molecule has 2 aromatic rings. The number of nitrogens with zero attached hydrogens (tertiary/aromatic N) is 1. The lowest BCUT2D eigenvalue weighted by atomic mass is 10.1. The molecular weight excluding hydrogens is 244 g/mol. The average Bonchev–Trinajstić information content (AvgIpc) is 2.33. The molecule has 0 saturated heterocycles. The van der Waals surface area contributed by atoms with E-state index in [2.05, 4.69) is 9.97 Å². The van der Waals surface area contributed by atoms with Crippen LogP contribution in [0.2, 0.25) is 5.02 Å². The number of H-pyrrole nitrogens is 1. The van der Waals surface area contributed by atoms with Crippen LogP contribution in [0.15, 0.2) is 36.5 Å². The van der Waals surface area contributed by atoms with E-state index in [4.69, 9.17) is 11.6 Å². The highest BCUT2D eigenvalue weighted by atomic mass is 35.5. The summed E-state index contributed by atoms with van der Waals surface area (Å²) < 4.78 is 11.1. The van der Waals surface area contributed by atoms with Gasteiger partial charge in [-0.2, -0.15) is 0 Å². The number of rotatable bonds is 2. The molecule has 0 amide bonds. The molecule has 1 aromatic carbocycles. The SMILES string of the molecule is O=S=c1[nH]c(Cc2ccccc2)ncc1Cl. The van der Waals surface area contributed by atoms with E-state index in [0.29, 0.717) is 27.3 Å². The Morgan fingerprint density at radius 1 is 1.31 bits per heavy atom. The molecule has 1 heterocycles. The molecule has 0 saturated carbocycles. The van der Waals surface area contributed by atoms with Gasteiger partial charge < -0.3 is 4.98 Å². The first-order valence-corrected chi connectivity index (χ1v) is 5.82. The van der Waals surface area contributed by atoms with Crippen LogP contribution in [0.25, 0.3) is 0 Å². The molecule has 0 radical (unpaired) electrons. The lowest BCUT2D eigenvalue weighted by Crippen LogP contribution is -1.97. The zero-order valence-electron chi connectivity index (χ0n) is 8.31. The molecule has 0 fully saturated rings. The standard InChI is InChI=1S/C11H9ClN2OS/c12-9-7-13-10(14-11(9)16-15)6-8-4-2-1-3-5-8/h1-5,7H,6H2,(H,13,14). The van der Waals surface area contributed by atoms with Crippen LogP contribution >= 0.6 is 11.6 Å². The first-order valence-electron chi connectivity index (χ1n) is 4.70. The van der Waals surface area contributed by atoms with Crippen molar-refractivity contribution in [3.63, 3.8) is 0 Å². The molecule has 0 aliphatic carbocycles. The van der Waals surface area contributed by atoms with E-state index in [1.54, 1.807) is 0 Å². The summed E-state index contributed by atoms with van der Waals surface area (Å²) in [7, 11) is 0. The number of aromatic nitrogens is 2. The quantitative estimate of drug-likeness (QED) is 0.835. The summed E-state index contributed by atoms with van der Waals surface area (Å²) in [5.74, 6) is 0.731. The normalized spacial score (nSPS) is 10.1. The zero-order valence-corrected chi connectivity index (χ0v) is 9.89. The van der Waals surface area contributed by atoms with E-state index in [1.165, 1.54) is 6.20 Å². The van der Waals surface area contributed by atoms with Gasteiger partial charge in [0.25, 0.3) is 0 Å². The molecular formula is C11H9ClN2OS. The highest BCUT2D eigenvalue weighted by Crippen LogP contribution is 2.08. The van der Waals surface area contributed by atoms with Crippen LogP contribution < -0.4 is 0 Å². The van der Waals surface area contributed by atoms with Crippen molar-refractivity contribution in [1.29, 1.82) is 0 Å². The Kier molecular flexibility index (Phi) is 3.54. The molecule has 0 aliphatic heterocycles. The number of hydrogen-bond acceptors (Lipinski definition) is 2. The highest BCUT2D eigenvalue weighted by molar-refractivity contribution is 7.56. The van der Waals surface area contributed by atoms with Gasteiger partial charge in [0.15, 0.2) is 4.64 Å². The molecule has 16 heavy (non-hydrogen) atoms. The fourth-order valence-corrected chi connectivity index (χ4v) is 1.84. The first kappa shape index (κ1) is 11.1. The van der Waals surface area contributed by atoms with E-state index in [-0.39, 0.29) is 0 Å². The predicted molar refractivity (Wildman–Crippen MR) is 64.2 cm³/mol. The van der Waals surface area contributed by atoms with Crippen molar-refractivity contribution < 1.29 is 4.21 Å². The summed E-state index contributed by atoms with van der Waals surface area (Å²) in [6.45, 7) is 0. The smallest absolute Gasteiger partial charge is 0.155 e. The molecule has 82 valence electrons. The molecule has 1 N–H and O–H groups in total. The van der Waals surface area contributed by atoms with Crippen LogP contribution in [0.5, 0.6) is 0 Å². The Morgan fingerprint density at radius 3 is 2.75 bits per heavy atom. The fraction of sp³-hybridized carbons (Fsp3) is 0.0909. The van der Waals surface area contributed by atoms with Crippen molar-refractivity contribution in [1.82, 2.24) is 9.97 Å². The van der Waals surface area contributed by atoms with Gasteiger partial charge in [-0.05, 0) is 5.56 Å². The number of halogens is 1. The van der Waals surface area contributed by atoms with Crippen LogP contribution in [0.3, 0.4) is 0 Å². The van der Waals surface area contributed by atoms with Crippen molar-refractivity contribution >= 4 is 22.9 Å². The largest absolute Gasteiger partial charge is 0.331 e. The van der Waals surface area contributed by atoms with Gasteiger partial charge in [-0.15, -0.1) is 0 Å². The van der Waals surface area contributed by atoms with Crippen LogP contribution in [0, 0.1) is 4.64 Å². The summed E-state index contributed by atoms with van der Waals surface area (Å²) in [5, 5.41) is 0.358. The zero-order chi connectivity index (χ0) is 11.4. The van der Waals surface area contributed by atoms with E-state index in [1.807, 2.05) is 30.3 Å². The molecule has 3 nitrogen and oxygen atoms in total. The van der Waals surface area contributed by atoms with Crippen molar-refractivity contribution in [2.45, 2.75) is 6.42 Å². The van der Waals surface area contributed by atoms with Gasteiger partial charge in [0.1, 0.15) is 17.1 Å². The third-order valence-electron chi connectivity index (χ3n) is 2.11.